The van der Waals surface area contributed by atoms with E-state index in [0.717, 1.165) is 24.0 Å². The number of unbranched alkanes of at least 4 members (excludes halogenated alkanes) is 15. The van der Waals surface area contributed by atoms with Crippen LogP contribution >= 0.6 is 0 Å². The molecule has 49 heavy (non-hydrogen) atoms. The molecule has 0 unspecified atom stereocenters. The van der Waals surface area contributed by atoms with Gasteiger partial charge in [0.2, 0.25) is 0 Å². The summed E-state index contributed by atoms with van der Waals surface area (Å²) in [5.41, 5.74) is -6.66. The van der Waals surface area contributed by atoms with E-state index in [0.29, 0.717) is 6.04 Å². The standard InChI is InChI=1S/C41H88NO6Si/c1-16-17-18-19-20-21-22-23-24-25-26-27-28-29-30-31-33-42(14,15)34-32-35-49(46-39(8,9)36(2,3)43,47-40(10,11)37(4,5)44)48-41(12,13)38(6,7)45/h43-45H,16-35H2,1-15H3/q+1. The fourth-order valence-electron chi connectivity index (χ4n) is 5.68. The highest BCUT2D eigenvalue weighted by atomic mass is 28.4. The van der Waals surface area contributed by atoms with Crippen LogP contribution in [0.4, 0.5) is 0 Å². The molecule has 0 saturated carbocycles. The van der Waals surface area contributed by atoms with E-state index < -0.39 is 42.4 Å². The zero-order valence-electron chi connectivity index (χ0n) is 35.7. The Kier molecular flexibility index (Phi) is 21.0. The van der Waals surface area contributed by atoms with Crippen LogP contribution in [0.3, 0.4) is 0 Å². The lowest BCUT2D eigenvalue weighted by molar-refractivity contribution is -0.890. The Labute approximate surface area is 307 Å². The first-order valence-electron chi connectivity index (χ1n) is 20.2. The van der Waals surface area contributed by atoms with Gasteiger partial charge in [-0.05, 0) is 95.9 Å². The van der Waals surface area contributed by atoms with E-state index in [9.17, 15) is 15.3 Å². The largest absolute Gasteiger partial charge is 0.502 e. The van der Waals surface area contributed by atoms with Crippen molar-refractivity contribution >= 4 is 8.80 Å². The molecule has 0 amide bonds. The molecule has 8 heteroatoms. The quantitative estimate of drug-likeness (QED) is 0.0389. The molecular formula is C41H88NO6Si+. The lowest BCUT2D eigenvalue weighted by Crippen LogP contribution is -2.67. The lowest BCUT2D eigenvalue weighted by atomic mass is 9.90. The average molecular weight is 719 g/mol. The molecule has 0 aromatic heterocycles. The summed E-state index contributed by atoms with van der Waals surface area (Å²) in [6, 6.07) is 0.492. The number of rotatable bonds is 30. The van der Waals surface area contributed by atoms with E-state index in [1.165, 1.54) is 103 Å². The highest BCUT2D eigenvalue weighted by molar-refractivity contribution is 6.61. The molecule has 0 rings (SSSR count). The molecule has 0 atom stereocenters. The van der Waals surface area contributed by atoms with Crippen molar-refractivity contribution in [2.75, 3.05) is 27.2 Å². The van der Waals surface area contributed by atoms with Crippen LogP contribution in [-0.4, -0.2) is 89.4 Å². The second-order valence-corrected chi connectivity index (χ2v) is 21.5. The van der Waals surface area contributed by atoms with Crippen LogP contribution in [0.1, 0.15) is 199 Å². The SMILES string of the molecule is CCCCCCCCCCCCCCCCCC[N+](C)(C)CCC[Si](OC(C)(C)C(C)(C)O)(OC(C)(C)C(C)(C)O)OC(C)(C)C(C)(C)O. The van der Waals surface area contributed by atoms with Crippen molar-refractivity contribution in [2.24, 2.45) is 0 Å². The molecule has 3 N–H and O–H groups in total. The van der Waals surface area contributed by atoms with Gasteiger partial charge in [-0.3, -0.25) is 0 Å². The third-order valence-electron chi connectivity index (χ3n) is 11.5. The molecule has 0 aliphatic heterocycles. The zero-order valence-corrected chi connectivity index (χ0v) is 36.7. The van der Waals surface area contributed by atoms with Gasteiger partial charge in [0.05, 0.1) is 60.8 Å². The van der Waals surface area contributed by atoms with Crippen LogP contribution in [0, 0.1) is 0 Å². The van der Waals surface area contributed by atoms with E-state index in [1.54, 1.807) is 41.5 Å². The van der Waals surface area contributed by atoms with Crippen molar-refractivity contribution < 1.29 is 33.1 Å². The van der Waals surface area contributed by atoms with Crippen LogP contribution in [0.25, 0.3) is 0 Å². The van der Waals surface area contributed by atoms with E-state index in [1.807, 2.05) is 41.5 Å². The monoisotopic (exact) mass is 719 g/mol. The van der Waals surface area contributed by atoms with E-state index in [2.05, 4.69) is 21.0 Å². The highest BCUT2D eigenvalue weighted by Gasteiger charge is 2.58. The minimum Gasteiger partial charge on any atom is -0.388 e. The predicted molar refractivity (Wildman–Crippen MR) is 211 cm³/mol. The van der Waals surface area contributed by atoms with E-state index >= 15 is 0 Å². The maximum absolute atomic E-state index is 11.1. The Bertz CT molecular complexity index is 797. The van der Waals surface area contributed by atoms with Crippen molar-refractivity contribution in [3.63, 3.8) is 0 Å². The van der Waals surface area contributed by atoms with Gasteiger partial charge in [0.15, 0.2) is 0 Å². The fourth-order valence-corrected chi connectivity index (χ4v) is 9.78. The number of aliphatic hydroxyl groups is 3. The van der Waals surface area contributed by atoms with Crippen molar-refractivity contribution in [1.29, 1.82) is 0 Å². The molecule has 0 fully saturated rings. The normalized spacial score (nSPS) is 14.6. The van der Waals surface area contributed by atoms with Gasteiger partial charge in [-0.15, -0.1) is 0 Å². The molecular weight excluding hydrogens is 631 g/mol. The first-order chi connectivity index (χ1) is 22.1. The van der Waals surface area contributed by atoms with Gasteiger partial charge < -0.3 is 33.1 Å². The second-order valence-electron chi connectivity index (χ2n) is 19.0. The number of quaternary nitrogens is 1. The maximum Gasteiger partial charge on any atom is 0.502 e. The Morgan fingerprint density at radius 1 is 0.408 bits per heavy atom. The van der Waals surface area contributed by atoms with Crippen molar-refractivity contribution in [3.05, 3.63) is 0 Å². The maximum atomic E-state index is 11.1. The lowest BCUT2D eigenvalue weighted by Gasteiger charge is -2.51. The van der Waals surface area contributed by atoms with Crippen LogP contribution in [0.2, 0.25) is 6.04 Å². The number of nitrogens with zero attached hydrogens (tertiary/aromatic N) is 1. The molecule has 296 valence electrons. The molecule has 0 heterocycles. The Morgan fingerprint density at radius 2 is 0.653 bits per heavy atom. The van der Waals surface area contributed by atoms with Crippen molar-refractivity contribution in [3.8, 4) is 0 Å². The summed E-state index contributed by atoms with van der Waals surface area (Å²) in [7, 11) is 0.885. The summed E-state index contributed by atoms with van der Waals surface area (Å²) in [6.45, 7) is 25.8. The minimum absolute atomic E-state index is 0.492. The smallest absolute Gasteiger partial charge is 0.388 e. The van der Waals surface area contributed by atoms with Gasteiger partial charge in [-0.25, -0.2) is 0 Å². The summed E-state index contributed by atoms with van der Waals surface area (Å²) in [6.07, 6.45) is 22.8. The van der Waals surface area contributed by atoms with Crippen molar-refractivity contribution in [2.45, 2.75) is 239 Å². The predicted octanol–water partition coefficient (Wildman–Crippen LogP) is 10.4. The Balaban J connectivity index is 5.19. The van der Waals surface area contributed by atoms with Gasteiger partial charge >= 0.3 is 8.80 Å². The molecule has 0 bridgehead atoms. The number of hydrogen-bond acceptors (Lipinski definition) is 6. The fraction of sp³-hybridized carbons (Fsp3) is 1.00. The first kappa shape index (κ1) is 48.9. The molecule has 0 aliphatic rings. The average Bonchev–Trinajstić information content (AvgIpc) is 2.90. The van der Waals surface area contributed by atoms with Gasteiger partial charge in [0, 0.05) is 12.5 Å². The second kappa shape index (κ2) is 21.0. The molecule has 0 spiro atoms. The number of hydrogen-bond donors (Lipinski definition) is 3. The summed E-state index contributed by atoms with van der Waals surface area (Å²) in [5, 5.41) is 33.4. The van der Waals surface area contributed by atoms with Crippen LogP contribution in [0.5, 0.6) is 0 Å². The van der Waals surface area contributed by atoms with Gasteiger partial charge in [-0.2, -0.15) is 0 Å². The summed E-state index contributed by atoms with van der Waals surface area (Å²) in [4.78, 5) is 0. The first-order valence-corrected chi connectivity index (χ1v) is 22.2. The third kappa shape index (κ3) is 19.5. The molecule has 7 nitrogen and oxygen atoms in total. The van der Waals surface area contributed by atoms with Gasteiger partial charge in [0.1, 0.15) is 0 Å². The molecule has 0 aromatic rings. The Hall–Kier alpha value is -0.0631. The highest BCUT2D eigenvalue weighted by Crippen LogP contribution is 2.41. The summed E-state index contributed by atoms with van der Waals surface area (Å²) in [5.74, 6) is 0. The molecule has 0 aromatic carbocycles. The molecule has 0 radical (unpaired) electrons. The van der Waals surface area contributed by atoms with E-state index in [-0.39, 0.29) is 0 Å². The van der Waals surface area contributed by atoms with Crippen molar-refractivity contribution in [1.82, 2.24) is 0 Å². The van der Waals surface area contributed by atoms with Gasteiger partial charge in [-0.1, -0.05) is 96.8 Å². The topological polar surface area (TPSA) is 88.4 Å². The zero-order chi connectivity index (χ0) is 38.3. The molecule has 0 saturated heterocycles. The van der Waals surface area contributed by atoms with E-state index in [4.69, 9.17) is 13.3 Å². The summed E-state index contributed by atoms with van der Waals surface area (Å²) < 4.78 is 21.5. The Morgan fingerprint density at radius 3 is 0.918 bits per heavy atom. The van der Waals surface area contributed by atoms with Gasteiger partial charge in [0.25, 0.3) is 0 Å². The third-order valence-corrected chi connectivity index (χ3v) is 14.9. The van der Waals surface area contributed by atoms with Crippen LogP contribution in [-0.2, 0) is 13.3 Å². The van der Waals surface area contributed by atoms with Crippen LogP contribution in [0.15, 0.2) is 0 Å². The van der Waals surface area contributed by atoms with Crippen LogP contribution < -0.4 is 0 Å². The molecule has 0 aliphatic carbocycles. The summed E-state index contributed by atoms with van der Waals surface area (Å²) >= 11 is 0. The minimum atomic E-state index is -3.70.